The van der Waals surface area contributed by atoms with Crippen molar-refractivity contribution in [3.8, 4) is 11.5 Å². The van der Waals surface area contributed by atoms with E-state index < -0.39 is 0 Å². The number of rotatable bonds is 3. The van der Waals surface area contributed by atoms with E-state index >= 15 is 0 Å². The van der Waals surface area contributed by atoms with Crippen molar-refractivity contribution >= 4 is 28.3 Å². The first-order chi connectivity index (χ1) is 10.1. The largest absolute Gasteiger partial charge is 0.507 e. The maximum Gasteiger partial charge on any atom is 0.272 e. The van der Waals surface area contributed by atoms with E-state index in [2.05, 4.69) is 0 Å². The van der Waals surface area contributed by atoms with E-state index in [1.54, 1.807) is 12.1 Å². The van der Waals surface area contributed by atoms with E-state index in [0.29, 0.717) is 28.5 Å². The molecule has 0 aliphatic rings. The molecule has 21 heavy (non-hydrogen) atoms. The van der Waals surface area contributed by atoms with E-state index in [1.807, 2.05) is 6.92 Å². The van der Waals surface area contributed by atoms with Gasteiger partial charge in [0.05, 0.1) is 12.1 Å². The molecule has 0 saturated heterocycles. The van der Waals surface area contributed by atoms with E-state index in [0.717, 1.165) is 6.42 Å². The Hall–Kier alpha value is -2.14. The van der Waals surface area contributed by atoms with Gasteiger partial charge in [0.25, 0.3) is 5.56 Å². The lowest BCUT2D eigenvalue weighted by atomic mass is 10.0. The first-order valence-corrected chi connectivity index (χ1v) is 6.97. The molecular weight excluding hydrogens is 294 g/mol. The highest BCUT2D eigenvalue weighted by Gasteiger charge is 2.19. The van der Waals surface area contributed by atoms with Crippen molar-refractivity contribution in [3.63, 3.8) is 0 Å². The van der Waals surface area contributed by atoms with Crippen molar-refractivity contribution in [2.45, 2.75) is 19.8 Å². The number of hydrogen-bond acceptors (Lipinski definition) is 4. The Kier molecular flexibility index (Phi) is 3.29. The third-order valence-corrected chi connectivity index (χ3v) is 3.65. The minimum Gasteiger partial charge on any atom is -0.507 e. The number of aromatic hydroxyl groups is 1. The zero-order valence-electron chi connectivity index (χ0n) is 11.6. The molecule has 1 aromatic carbocycles. The molecule has 0 radical (unpaired) electrons. The van der Waals surface area contributed by atoms with E-state index in [4.69, 9.17) is 20.8 Å². The number of phenols is 1. The van der Waals surface area contributed by atoms with Crippen LogP contribution in [0.3, 0.4) is 0 Å². The van der Waals surface area contributed by atoms with Crippen LogP contribution in [-0.4, -0.2) is 16.6 Å². The van der Waals surface area contributed by atoms with Gasteiger partial charge >= 0.3 is 0 Å². The molecule has 110 valence electrons. The van der Waals surface area contributed by atoms with Gasteiger partial charge in [0.2, 0.25) is 5.71 Å². The molecule has 0 aliphatic heterocycles. The van der Waals surface area contributed by atoms with Crippen LogP contribution in [0.2, 0.25) is 5.02 Å². The molecule has 3 aromatic rings. The molecule has 0 bridgehead atoms. The molecule has 2 aromatic heterocycles. The fourth-order valence-electron chi connectivity index (χ4n) is 2.51. The van der Waals surface area contributed by atoms with Crippen molar-refractivity contribution in [1.29, 1.82) is 0 Å². The summed E-state index contributed by atoms with van der Waals surface area (Å²) in [5.74, 6) is 0.415. The fraction of sp³-hybridized carbons (Fsp3) is 0.267. The lowest BCUT2D eigenvalue weighted by molar-refractivity contribution is 0.399. The molecule has 6 heteroatoms. The summed E-state index contributed by atoms with van der Waals surface area (Å²) in [5.41, 5.74) is 0.840. The summed E-state index contributed by atoms with van der Waals surface area (Å²) in [6, 6.07) is 3.17. The average Bonchev–Trinajstić information content (AvgIpc) is 2.82. The van der Waals surface area contributed by atoms with Crippen LogP contribution < -0.4 is 10.3 Å². The van der Waals surface area contributed by atoms with Crippen molar-refractivity contribution < 1.29 is 14.3 Å². The van der Waals surface area contributed by atoms with E-state index in [-0.39, 0.29) is 22.3 Å². The minimum absolute atomic E-state index is 0.0910. The zero-order chi connectivity index (χ0) is 15.1. The Labute approximate surface area is 125 Å². The van der Waals surface area contributed by atoms with E-state index in [1.165, 1.54) is 17.7 Å². The average molecular weight is 308 g/mol. The Morgan fingerprint density at radius 3 is 2.86 bits per heavy atom. The summed E-state index contributed by atoms with van der Waals surface area (Å²) in [7, 11) is 1.52. The van der Waals surface area contributed by atoms with Crippen molar-refractivity contribution in [3.05, 3.63) is 39.3 Å². The zero-order valence-corrected chi connectivity index (χ0v) is 12.4. The molecule has 1 N–H and O–H groups in total. The van der Waals surface area contributed by atoms with Gasteiger partial charge in [0.15, 0.2) is 0 Å². The van der Waals surface area contributed by atoms with Gasteiger partial charge < -0.3 is 14.3 Å². The minimum atomic E-state index is -0.365. The van der Waals surface area contributed by atoms with Crippen LogP contribution in [0.4, 0.5) is 0 Å². The number of ether oxygens (including phenoxy) is 1. The number of methoxy groups -OCH3 is 1. The SMILES string of the molecule is CCCc1c(OC)cc2oc3cc(Cl)cn3c(=O)c2c1O. The number of hydrogen-bond donors (Lipinski definition) is 1. The molecule has 0 aliphatic carbocycles. The van der Waals surface area contributed by atoms with Crippen LogP contribution in [0.1, 0.15) is 18.9 Å². The second-order valence-corrected chi connectivity index (χ2v) is 5.24. The van der Waals surface area contributed by atoms with Gasteiger partial charge in [-0.15, -0.1) is 0 Å². The first kappa shape index (κ1) is 13.8. The molecule has 0 fully saturated rings. The molecule has 0 unspecified atom stereocenters. The maximum absolute atomic E-state index is 12.5. The van der Waals surface area contributed by atoms with Crippen LogP contribution in [0.25, 0.3) is 16.7 Å². The predicted octanol–water partition coefficient (Wildman–Crippen LogP) is 3.37. The van der Waals surface area contributed by atoms with Crippen molar-refractivity contribution in [2.24, 2.45) is 0 Å². The summed E-state index contributed by atoms with van der Waals surface area (Å²) in [5, 5.41) is 11.0. The summed E-state index contributed by atoms with van der Waals surface area (Å²) < 4.78 is 12.2. The third kappa shape index (κ3) is 2.05. The number of aromatic nitrogens is 1. The summed E-state index contributed by atoms with van der Waals surface area (Å²) >= 11 is 5.90. The lowest BCUT2D eigenvalue weighted by Gasteiger charge is -2.12. The maximum atomic E-state index is 12.5. The van der Waals surface area contributed by atoms with Crippen molar-refractivity contribution in [1.82, 2.24) is 4.40 Å². The monoisotopic (exact) mass is 307 g/mol. The Bertz CT molecular complexity index is 894. The van der Waals surface area contributed by atoms with Gasteiger partial charge in [-0.05, 0) is 6.42 Å². The third-order valence-electron chi connectivity index (χ3n) is 3.45. The van der Waals surface area contributed by atoms with Crippen LogP contribution in [-0.2, 0) is 6.42 Å². The number of benzene rings is 1. The number of halogens is 1. The van der Waals surface area contributed by atoms with Gasteiger partial charge in [0.1, 0.15) is 22.5 Å². The molecule has 0 spiro atoms. The van der Waals surface area contributed by atoms with Crippen LogP contribution in [0.5, 0.6) is 11.5 Å². The molecule has 0 atom stereocenters. The number of nitrogens with zero attached hydrogens (tertiary/aromatic N) is 1. The smallest absolute Gasteiger partial charge is 0.272 e. The normalized spacial score (nSPS) is 11.4. The van der Waals surface area contributed by atoms with Gasteiger partial charge in [-0.2, -0.15) is 0 Å². The van der Waals surface area contributed by atoms with Crippen LogP contribution >= 0.6 is 11.6 Å². The Morgan fingerprint density at radius 1 is 1.43 bits per heavy atom. The highest BCUT2D eigenvalue weighted by atomic mass is 35.5. The summed E-state index contributed by atoms with van der Waals surface area (Å²) in [6.07, 6.45) is 2.89. The molecule has 3 rings (SSSR count). The van der Waals surface area contributed by atoms with Crippen LogP contribution in [0, 0.1) is 0 Å². The van der Waals surface area contributed by atoms with Crippen LogP contribution in [0.15, 0.2) is 27.5 Å². The lowest BCUT2D eigenvalue weighted by Crippen LogP contribution is -2.12. The second kappa shape index (κ2) is 5.00. The Morgan fingerprint density at radius 2 is 2.19 bits per heavy atom. The highest BCUT2D eigenvalue weighted by molar-refractivity contribution is 6.30. The van der Waals surface area contributed by atoms with E-state index in [9.17, 15) is 9.90 Å². The molecule has 5 nitrogen and oxygen atoms in total. The predicted molar refractivity (Wildman–Crippen MR) is 80.7 cm³/mol. The number of phenolic OH excluding ortho intramolecular Hbond substituents is 1. The quantitative estimate of drug-likeness (QED) is 0.806. The Balaban J connectivity index is 2.48. The fourth-order valence-corrected chi connectivity index (χ4v) is 2.70. The van der Waals surface area contributed by atoms with Gasteiger partial charge in [-0.1, -0.05) is 24.9 Å². The highest BCUT2D eigenvalue weighted by Crippen LogP contribution is 2.36. The van der Waals surface area contributed by atoms with Gasteiger partial charge in [-0.3, -0.25) is 9.20 Å². The summed E-state index contributed by atoms with van der Waals surface area (Å²) in [4.78, 5) is 12.5. The number of fused-ring (bicyclic) bond motifs is 2. The second-order valence-electron chi connectivity index (χ2n) is 4.80. The molecule has 2 heterocycles. The molecular formula is C15H14ClNO4. The van der Waals surface area contributed by atoms with Gasteiger partial charge in [0, 0.05) is 23.9 Å². The first-order valence-electron chi connectivity index (χ1n) is 6.60. The van der Waals surface area contributed by atoms with Gasteiger partial charge in [-0.25, -0.2) is 0 Å². The molecule has 0 saturated carbocycles. The standard InChI is InChI=1S/C15H14ClNO4/c1-3-4-9-10(20-2)6-11-13(14(9)18)15(19)17-7-8(16)5-12(17)21-11/h5-7,18H,3-4H2,1-2H3. The molecule has 0 amide bonds. The topological polar surface area (TPSA) is 64.1 Å². The summed E-state index contributed by atoms with van der Waals surface area (Å²) in [6.45, 7) is 1.99. The van der Waals surface area contributed by atoms with Crippen molar-refractivity contribution in [2.75, 3.05) is 7.11 Å².